The Morgan fingerprint density at radius 1 is 0.889 bits per heavy atom. The second kappa shape index (κ2) is 14.5. The fourth-order valence-electron chi connectivity index (χ4n) is 6.11. The highest BCUT2D eigenvalue weighted by molar-refractivity contribution is 7.22. The zero-order chi connectivity index (χ0) is 30.6. The first-order valence-electron chi connectivity index (χ1n) is 15.0. The van der Waals surface area contributed by atoms with Crippen LogP contribution in [0.3, 0.4) is 0 Å². The molecular formula is C36H35ClF2N2O3S. The summed E-state index contributed by atoms with van der Waals surface area (Å²) >= 11 is 1.41. The summed E-state index contributed by atoms with van der Waals surface area (Å²) in [4.78, 5) is 30.9. The first kappa shape index (κ1) is 32.5. The van der Waals surface area contributed by atoms with Gasteiger partial charge in [0.2, 0.25) is 5.43 Å². The molecule has 0 radical (unpaired) electrons. The van der Waals surface area contributed by atoms with Gasteiger partial charge in [-0.2, -0.15) is 0 Å². The Balaban J connectivity index is 0.00000400. The number of hydrogen-bond donors (Lipinski definition) is 0. The molecule has 234 valence electrons. The van der Waals surface area contributed by atoms with Crippen molar-refractivity contribution in [3.05, 3.63) is 129 Å². The summed E-state index contributed by atoms with van der Waals surface area (Å²) in [5, 5.41) is 0.405. The van der Waals surface area contributed by atoms with Gasteiger partial charge in [0.05, 0.1) is 18.5 Å². The van der Waals surface area contributed by atoms with Crippen molar-refractivity contribution in [1.29, 1.82) is 0 Å². The topological polar surface area (TPSA) is 51.5 Å². The fraction of sp³-hybridized carbons (Fsp3) is 0.278. The number of piperidine rings is 1. The van der Waals surface area contributed by atoms with E-state index >= 15 is 0 Å². The van der Waals surface area contributed by atoms with Crippen molar-refractivity contribution in [1.82, 2.24) is 9.47 Å². The van der Waals surface area contributed by atoms with Crippen molar-refractivity contribution in [3.63, 3.8) is 0 Å². The minimum atomic E-state index is -0.748. The Hall–Kier alpha value is -3.85. The number of pyridine rings is 1. The van der Waals surface area contributed by atoms with Crippen molar-refractivity contribution in [2.75, 3.05) is 19.7 Å². The third-order valence-corrected chi connectivity index (χ3v) is 9.70. The standard InChI is InChI=1S/C36H34F2N2O3S.ClH/c1-2-43-36(42)29-23-40(22-27-30(37)14-9-15-31(27)38)35-32(33(29)41)28(34(44-35)26-12-7-4-8-13-26)21-39-18-16-25(17-19-39)20-24-10-5-3-6-11-24;/h3-15,23,25H,2,16-22H2,1H3;1H. The molecule has 0 aliphatic carbocycles. The normalized spacial score (nSPS) is 13.9. The van der Waals surface area contributed by atoms with Crippen molar-refractivity contribution >= 4 is 39.9 Å². The second-order valence-electron chi connectivity index (χ2n) is 11.3. The molecule has 9 heteroatoms. The number of fused-ring (bicyclic) bond motifs is 1. The molecule has 1 aliphatic rings. The van der Waals surface area contributed by atoms with Crippen LogP contribution in [0.15, 0.2) is 89.9 Å². The van der Waals surface area contributed by atoms with Gasteiger partial charge in [-0.25, -0.2) is 13.6 Å². The molecule has 2 aromatic heterocycles. The van der Waals surface area contributed by atoms with E-state index in [2.05, 4.69) is 29.2 Å². The maximum atomic E-state index is 14.8. The van der Waals surface area contributed by atoms with E-state index in [-0.39, 0.29) is 36.7 Å². The fourth-order valence-corrected chi connectivity index (χ4v) is 7.40. The van der Waals surface area contributed by atoms with Crippen LogP contribution in [0.2, 0.25) is 0 Å². The number of esters is 1. The van der Waals surface area contributed by atoms with E-state index in [1.54, 1.807) is 11.5 Å². The zero-order valence-electron chi connectivity index (χ0n) is 25.0. The molecule has 45 heavy (non-hydrogen) atoms. The molecular weight excluding hydrogens is 614 g/mol. The number of carbonyl (C=O) groups is 1. The minimum absolute atomic E-state index is 0. The number of aromatic nitrogens is 1. The lowest BCUT2D eigenvalue weighted by Crippen LogP contribution is -2.34. The Labute approximate surface area is 271 Å². The van der Waals surface area contributed by atoms with E-state index < -0.39 is 23.0 Å². The van der Waals surface area contributed by atoms with Gasteiger partial charge in [0, 0.05) is 23.2 Å². The van der Waals surface area contributed by atoms with Gasteiger partial charge in [-0.15, -0.1) is 23.7 Å². The summed E-state index contributed by atoms with van der Waals surface area (Å²) in [6.45, 7) is 3.89. The molecule has 6 rings (SSSR count). The summed E-state index contributed by atoms with van der Waals surface area (Å²) in [7, 11) is 0. The average Bonchev–Trinajstić information content (AvgIpc) is 3.42. The molecule has 1 fully saturated rings. The number of carbonyl (C=O) groups excluding carboxylic acids is 1. The smallest absolute Gasteiger partial charge is 0.343 e. The van der Waals surface area contributed by atoms with Gasteiger partial charge in [0.1, 0.15) is 22.0 Å². The number of thiophene rings is 1. The van der Waals surface area contributed by atoms with Gasteiger partial charge >= 0.3 is 5.97 Å². The van der Waals surface area contributed by atoms with Crippen LogP contribution >= 0.6 is 23.7 Å². The van der Waals surface area contributed by atoms with Gasteiger partial charge < -0.3 is 9.30 Å². The number of hydrogen-bond acceptors (Lipinski definition) is 5. The molecule has 0 bridgehead atoms. The summed E-state index contributed by atoms with van der Waals surface area (Å²) in [5.74, 6) is -1.53. The number of rotatable bonds is 9. The van der Waals surface area contributed by atoms with E-state index in [0.717, 1.165) is 48.4 Å². The highest BCUT2D eigenvalue weighted by atomic mass is 35.5. The van der Waals surface area contributed by atoms with Crippen LogP contribution < -0.4 is 5.43 Å². The molecule has 0 saturated carbocycles. The van der Waals surface area contributed by atoms with Crippen LogP contribution in [0, 0.1) is 17.6 Å². The van der Waals surface area contributed by atoms with Crippen LogP contribution in [0.5, 0.6) is 0 Å². The molecule has 0 amide bonds. The number of halogens is 3. The molecule has 5 aromatic rings. The summed E-state index contributed by atoms with van der Waals surface area (Å²) < 4.78 is 36.5. The van der Waals surface area contributed by atoms with Crippen LogP contribution in [0.25, 0.3) is 20.7 Å². The van der Waals surface area contributed by atoms with Gasteiger partial charge in [-0.1, -0.05) is 66.7 Å². The van der Waals surface area contributed by atoms with Gasteiger partial charge in [0.25, 0.3) is 0 Å². The van der Waals surface area contributed by atoms with Crippen molar-refractivity contribution in [2.24, 2.45) is 5.92 Å². The number of nitrogens with zero attached hydrogens (tertiary/aromatic N) is 2. The second-order valence-corrected chi connectivity index (χ2v) is 12.3. The maximum Gasteiger partial charge on any atom is 0.343 e. The first-order valence-corrected chi connectivity index (χ1v) is 15.8. The zero-order valence-corrected chi connectivity index (χ0v) is 26.6. The Morgan fingerprint density at radius 2 is 1.53 bits per heavy atom. The molecule has 3 aromatic carbocycles. The number of likely N-dealkylation sites (tertiary alicyclic amines) is 1. The summed E-state index contributed by atoms with van der Waals surface area (Å²) in [5.41, 5.74) is 2.43. The highest BCUT2D eigenvalue weighted by Crippen LogP contribution is 2.39. The molecule has 3 heterocycles. The average molecular weight is 649 g/mol. The lowest BCUT2D eigenvalue weighted by Gasteiger charge is -2.32. The molecule has 1 saturated heterocycles. The molecule has 5 nitrogen and oxygen atoms in total. The van der Waals surface area contributed by atoms with Gasteiger partial charge in [-0.3, -0.25) is 9.69 Å². The van der Waals surface area contributed by atoms with Crippen LogP contribution in [0.4, 0.5) is 8.78 Å². The number of ether oxygens (including phenoxy) is 1. The monoisotopic (exact) mass is 648 g/mol. The van der Waals surface area contributed by atoms with Crippen LogP contribution in [-0.4, -0.2) is 35.1 Å². The van der Waals surface area contributed by atoms with E-state index in [4.69, 9.17) is 4.74 Å². The van der Waals surface area contributed by atoms with E-state index in [0.29, 0.717) is 22.7 Å². The lowest BCUT2D eigenvalue weighted by atomic mass is 9.90. The Bertz CT molecular complexity index is 1810. The third-order valence-electron chi connectivity index (χ3n) is 8.38. The first-order chi connectivity index (χ1) is 21.4. The molecule has 0 atom stereocenters. The minimum Gasteiger partial charge on any atom is -0.462 e. The molecule has 0 unspecified atom stereocenters. The maximum absolute atomic E-state index is 14.8. The third kappa shape index (κ3) is 7.03. The predicted octanol–water partition coefficient (Wildman–Crippen LogP) is 8.11. The van der Waals surface area contributed by atoms with Crippen molar-refractivity contribution in [2.45, 2.75) is 39.3 Å². The van der Waals surface area contributed by atoms with Gasteiger partial charge in [-0.05, 0) is 74.0 Å². The number of benzene rings is 3. The van der Waals surface area contributed by atoms with Crippen molar-refractivity contribution in [3.8, 4) is 10.4 Å². The highest BCUT2D eigenvalue weighted by Gasteiger charge is 2.27. The largest absolute Gasteiger partial charge is 0.462 e. The quantitative estimate of drug-likeness (QED) is 0.152. The van der Waals surface area contributed by atoms with Crippen molar-refractivity contribution < 1.29 is 18.3 Å². The Kier molecular flexibility index (Phi) is 10.5. The molecule has 1 aliphatic heterocycles. The lowest BCUT2D eigenvalue weighted by molar-refractivity contribution is 0.0524. The van der Waals surface area contributed by atoms with Crippen LogP contribution in [-0.2, 0) is 24.2 Å². The van der Waals surface area contributed by atoms with E-state index in [1.165, 1.54) is 41.3 Å². The summed E-state index contributed by atoms with van der Waals surface area (Å²) in [6.07, 6.45) is 4.52. The van der Waals surface area contributed by atoms with Crippen LogP contribution in [0.1, 0.15) is 46.8 Å². The van der Waals surface area contributed by atoms with E-state index in [1.807, 2.05) is 36.4 Å². The SMILES string of the molecule is CCOC(=O)c1cn(Cc2c(F)cccc2F)c2sc(-c3ccccc3)c(CN3CCC(Cc4ccccc4)CC3)c2c1=O.Cl. The summed E-state index contributed by atoms with van der Waals surface area (Å²) in [6, 6.07) is 24.1. The van der Waals surface area contributed by atoms with Gasteiger partial charge in [0.15, 0.2) is 0 Å². The predicted molar refractivity (Wildman–Crippen MR) is 178 cm³/mol. The Morgan fingerprint density at radius 3 is 2.18 bits per heavy atom. The van der Waals surface area contributed by atoms with E-state index in [9.17, 15) is 18.4 Å². The molecule has 0 N–H and O–H groups in total. The molecule has 0 spiro atoms.